The molecule has 2 aromatic rings. The minimum absolute atomic E-state index is 0.0249. The second-order valence-corrected chi connectivity index (χ2v) is 10.1. The van der Waals surface area contributed by atoms with Crippen molar-refractivity contribution in [2.75, 3.05) is 40.4 Å². The molecule has 0 radical (unpaired) electrons. The zero-order valence-electron chi connectivity index (χ0n) is 22.6. The van der Waals surface area contributed by atoms with Crippen LogP contribution in [0.2, 0.25) is 0 Å². The van der Waals surface area contributed by atoms with Gasteiger partial charge >= 0.3 is 6.03 Å². The molecule has 3 atom stereocenters. The predicted molar refractivity (Wildman–Crippen MR) is 143 cm³/mol. The number of aliphatic hydroxyl groups is 1. The number of likely N-dealkylation sites (N-methyl/N-ethyl adjacent to an activating group) is 1. The van der Waals surface area contributed by atoms with Crippen LogP contribution in [0.25, 0.3) is 0 Å². The highest BCUT2D eigenvalue weighted by molar-refractivity contribution is 5.74. The Balaban J connectivity index is 1.94. The van der Waals surface area contributed by atoms with E-state index in [2.05, 4.69) is 10.6 Å². The Morgan fingerprint density at radius 1 is 1.24 bits per heavy atom. The van der Waals surface area contributed by atoms with E-state index in [-0.39, 0.29) is 23.7 Å². The molecule has 3 rings (SSSR count). The summed E-state index contributed by atoms with van der Waals surface area (Å²) < 4.78 is 26.6. The number of likely N-dealkylation sites (tertiary alicyclic amines) is 1. The number of rotatable bonds is 12. The lowest BCUT2D eigenvalue weighted by molar-refractivity contribution is -0.0577. The summed E-state index contributed by atoms with van der Waals surface area (Å²) in [7, 11) is 3.50. The summed E-state index contributed by atoms with van der Waals surface area (Å²) in [4.78, 5) is 14.8. The Morgan fingerprint density at radius 2 is 2.03 bits per heavy atom. The van der Waals surface area contributed by atoms with Crippen LogP contribution in [0.15, 0.2) is 42.5 Å². The first-order chi connectivity index (χ1) is 17.8. The Morgan fingerprint density at radius 3 is 2.76 bits per heavy atom. The Labute approximate surface area is 220 Å². The zero-order chi connectivity index (χ0) is 26.8. The number of ether oxygens (including phenoxy) is 2. The van der Waals surface area contributed by atoms with Gasteiger partial charge in [0.15, 0.2) is 11.6 Å². The zero-order valence-corrected chi connectivity index (χ0v) is 22.6. The highest BCUT2D eigenvalue weighted by Crippen LogP contribution is 2.45. The van der Waals surface area contributed by atoms with E-state index in [0.717, 1.165) is 24.8 Å². The van der Waals surface area contributed by atoms with Gasteiger partial charge in [0.2, 0.25) is 0 Å². The standard InChI is InChI=1S/C29H42FN3O4/c1-21-11-5-6-15-26(21)37-27-24(13-9-14-25(27)30)29(35,16-7-8-18-36-4)23-12-10-17-33(20-23)28(34)32-22(2)19-31-3/h5-6,9,11,13-15,22-23,31,35H,7-8,10,12,16-20H2,1-4H3,(H,32,34). The minimum atomic E-state index is -1.39. The van der Waals surface area contributed by atoms with Crippen LogP contribution in [-0.2, 0) is 10.3 Å². The van der Waals surface area contributed by atoms with Crippen LogP contribution in [0, 0.1) is 18.7 Å². The summed E-state index contributed by atoms with van der Waals surface area (Å²) >= 11 is 0. The summed E-state index contributed by atoms with van der Waals surface area (Å²) in [5.74, 6) is -0.230. The van der Waals surface area contributed by atoms with Gasteiger partial charge in [-0.2, -0.15) is 0 Å². The lowest BCUT2D eigenvalue weighted by atomic mass is 9.73. The number of amides is 2. The molecule has 0 saturated carbocycles. The summed E-state index contributed by atoms with van der Waals surface area (Å²) in [6, 6.07) is 12.0. The number of unbranched alkanes of at least 4 members (excludes halogenated alkanes) is 1. The molecule has 37 heavy (non-hydrogen) atoms. The van der Waals surface area contributed by atoms with Crippen molar-refractivity contribution < 1.29 is 23.8 Å². The molecule has 1 aliphatic rings. The number of hydrogen-bond acceptors (Lipinski definition) is 5. The van der Waals surface area contributed by atoms with Crippen LogP contribution in [0.4, 0.5) is 9.18 Å². The maximum atomic E-state index is 15.3. The molecular formula is C29H42FN3O4. The average molecular weight is 516 g/mol. The van der Waals surface area contributed by atoms with E-state index >= 15 is 4.39 Å². The molecule has 2 aromatic carbocycles. The van der Waals surface area contributed by atoms with Crippen molar-refractivity contribution in [2.24, 2.45) is 5.92 Å². The van der Waals surface area contributed by atoms with Crippen molar-refractivity contribution in [3.63, 3.8) is 0 Å². The van der Waals surface area contributed by atoms with Crippen molar-refractivity contribution in [3.8, 4) is 11.5 Å². The number of urea groups is 1. The van der Waals surface area contributed by atoms with Gasteiger partial charge in [-0.15, -0.1) is 0 Å². The van der Waals surface area contributed by atoms with Crippen molar-refractivity contribution in [1.82, 2.24) is 15.5 Å². The van der Waals surface area contributed by atoms with Crippen molar-refractivity contribution >= 4 is 6.03 Å². The van der Waals surface area contributed by atoms with E-state index < -0.39 is 11.4 Å². The maximum Gasteiger partial charge on any atom is 0.317 e. The molecule has 204 valence electrons. The van der Waals surface area contributed by atoms with Crippen molar-refractivity contribution in [1.29, 1.82) is 0 Å². The Hall–Kier alpha value is -2.68. The topological polar surface area (TPSA) is 83.1 Å². The summed E-state index contributed by atoms with van der Waals surface area (Å²) in [5.41, 5.74) is -0.0934. The summed E-state index contributed by atoms with van der Waals surface area (Å²) in [6.45, 7) is 6.08. The number of carbonyl (C=O) groups is 1. The highest BCUT2D eigenvalue weighted by Gasteiger charge is 2.43. The molecule has 3 unspecified atom stereocenters. The SMILES string of the molecule is CNCC(C)NC(=O)N1CCCC(C(O)(CCCCOC)c2cccc(F)c2Oc2ccccc2C)C1. The first-order valence-electron chi connectivity index (χ1n) is 13.2. The predicted octanol–water partition coefficient (Wildman–Crippen LogP) is 4.96. The number of carbonyl (C=O) groups excluding carboxylic acids is 1. The number of nitrogens with zero attached hydrogens (tertiary/aromatic N) is 1. The Kier molecular flexibility index (Phi) is 10.7. The molecule has 7 nitrogen and oxygen atoms in total. The minimum Gasteiger partial charge on any atom is -0.454 e. The normalized spacial score (nSPS) is 18.2. The fourth-order valence-corrected chi connectivity index (χ4v) is 5.14. The molecule has 3 N–H and O–H groups in total. The number of piperidine rings is 1. The number of aryl methyl sites for hydroxylation is 1. The first-order valence-corrected chi connectivity index (χ1v) is 13.2. The van der Waals surface area contributed by atoms with Gasteiger partial charge in [-0.25, -0.2) is 9.18 Å². The molecule has 1 saturated heterocycles. The molecule has 0 aliphatic carbocycles. The third-order valence-electron chi connectivity index (χ3n) is 7.16. The summed E-state index contributed by atoms with van der Waals surface area (Å²) in [6.07, 6.45) is 3.33. The average Bonchev–Trinajstić information content (AvgIpc) is 2.89. The monoisotopic (exact) mass is 515 g/mol. The first kappa shape index (κ1) is 28.9. The fourth-order valence-electron chi connectivity index (χ4n) is 5.14. The maximum absolute atomic E-state index is 15.3. The van der Waals surface area contributed by atoms with Crippen LogP contribution in [0.1, 0.15) is 50.2 Å². The van der Waals surface area contributed by atoms with E-state index in [0.29, 0.717) is 50.4 Å². The van der Waals surface area contributed by atoms with Gasteiger partial charge in [0.25, 0.3) is 0 Å². The molecule has 0 aromatic heterocycles. The molecule has 0 spiro atoms. The lowest BCUT2D eigenvalue weighted by Gasteiger charge is -2.43. The van der Waals surface area contributed by atoms with Gasteiger partial charge in [-0.05, 0) is 70.7 Å². The number of halogens is 1. The van der Waals surface area contributed by atoms with Gasteiger partial charge in [0.1, 0.15) is 5.75 Å². The number of nitrogens with one attached hydrogen (secondary N) is 2. The van der Waals surface area contributed by atoms with Crippen molar-refractivity contribution in [3.05, 3.63) is 59.4 Å². The number of methoxy groups -OCH3 is 1. The fraction of sp³-hybridized carbons (Fsp3) is 0.552. The second-order valence-electron chi connectivity index (χ2n) is 10.1. The van der Waals surface area contributed by atoms with Crippen LogP contribution in [0.5, 0.6) is 11.5 Å². The largest absolute Gasteiger partial charge is 0.454 e. The van der Waals surface area contributed by atoms with E-state index in [1.165, 1.54) is 6.07 Å². The van der Waals surface area contributed by atoms with Crippen LogP contribution < -0.4 is 15.4 Å². The number of para-hydroxylation sites is 2. The second kappa shape index (κ2) is 13.7. The highest BCUT2D eigenvalue weighted by atomic mass is 19.1. The van der Waals surface area contributed by atoms with Crippen LogP contribution >= 0.6 is 0 Å². The summed E-state index contributed by atoms with van der Waals surface area (Å²) in [5, 5.41) is 18.5. The molecule has 1 fully saturated rings. The molecule has 2 amide bonds. The molecule has 0 bridgehead atoms. The smallest absolute Gasteiger partial charge is 0.317 e. The van der Waals surface area contributed by atoms with Gasteiger partial charge in [0, 0.05) is 50.9 Å². The molecular weight excluding hydrogens is 473 g/mol. The van der Waals surface area contributed by atoms with Gasteiger partial charge in [0.05, 0.1) is 5.60 Å². The van der Waals surface area contributed by atoms with Gasteiger partial charge in [-0.3, -0.25) is 0 Å². The lowest BCUT2D eigenvalue weighted by Crippen LogP contribution is -2.53. The van der Waals surface area contributed by atoms with Gasteiger partial charge < -0.3 is 30.1 Å². The van der Waals surface area contributed by atoms with Gasteiger partial charge in [-0.1, -0.05) is 30.3 Å². The molecule has 8 heteroatoms. The van der Waals surface area contributed by atoms with E-state index in [9.17, 15) is 9.90 Å². The molecule has 1 heterocycles. The van der Waals surface area contributed by atoms with E-state index in [4.69, 9.17) is 9.47 Å². The Bertz CT molecular complexity index is 1020. The quantitative estimate of drug-likeness (QED) is 0.348. The third kappa shape index (κ3) is 7.43. The number of benzene rings is 2. The van der Waals surface area contributed by atoms with Crippen LogP contribution in [0.3, 0.4) is 0 Å². The van der Waals surface area contributed by atoms with E-state index in [1.54, 1.807) is 30.2 Å². The number of hydrogen-bond donors (Lipinski definition) is 3. The third-order valence-corrected chi connectivity index (χ3v) is 7.16. The van der Waals surface area contributed by atoms with Crippen molar-refractivity contribution in [2.45, 2.75) is 57.6 Å². The van der Waals surface area contributed by atoms with E-state index in [1.807, 2.05) is 39.1 Å². The molecule has 1 aliphatic heterocycles. The van der Waals surface area contributed by atoms with Crippen LogP contribution in [-0.4, -0.2) is 62.5 Å².